The number of ether oxygens (including phenoxy) is 2. The first kappa shape index (κ1) is 28.1. The van der Waals surface area contributed by atoms with Crippen LogP contribution in [0.1, 0.15) is 49.8 Å². The van der Waals surface area contributed by atoms with Gasteiger partial charge in [0, 0.05) is 55.8 Å². The number of halogens is 3. The SMILES string of the molecule is C=N/N=C(\C)CC1(c2cc(OC)cc(-n3cc4c(C(F)(F)F)cc(CN5CCC[C@H](C)C5)cn4c3=O)c2)COC1. The van der Waals surface area contributed by atoms with Crippen LogP contribution in [0.4, 0.5) is 13.2 Å². The van der Waals surface area contributed by atoms with Gasteiger partial charge in [0.1, 0.15) is 5.75 Å². The monoisotopic (exact) mass is 557 g/mol. The first-order valence-corrected chi connectivity index (χ1v) is 13.4. The van der Waals surface area contributed by atoms with Gasteiger partial charge in [0.2, 0.25) is 0 Å². The zero-order chi connectivity index (χ0) is 28.7. The van der Waals surface area contributed by atoms with Crippen LogP contribution < -0.4 is 10.4 Å². The number of methoxy groups -OCH3 is 1. The summed E-state index contributed by atoms with van der Waals surface area (Å²) < 4.78 is 56.2. The summed E-state index contributed by atoms with van der Waals surface area (Å²) in [5.41, 5.74) is 0.425. The van der Waals surface area contributed by atoms with E-state index in [1.165, 1.54) is 30.1 Å². The third-order valence-electron chi connectivity index (χ3n) is 7.89. The number of pyridine rings is 1. The minimum atomic E-state index is -4.63. The molecule has 0 radical (unpaired) electrons. The van der Waals surface area contributed by atoms with E-state index in [0.29, 0.717) is 49.1 Å². The molecule has 0 spiro atoms. The normalized spacial score (nSPS) is 19.9. The molecule has 0 unspecified atom stereocenters. The lowest BCUT2D eigenvalue weighted by atomic mass is 9.74. The van der Waals surface area contributed by atoms with Gasteiger partial charge in [-0.3, -0.25) is 13.9 Å². The molecule has 3 aromatic rings. The number of alkyl halides is 3. The van der Waals surface area contributed by atoms with Crippen LogP contribution in [-0.2, 0) is 22.9 Å². The fourth-order valence-electron chi connectivity index (χ4n) is 5.94. The van der Waals surface area contributed by atoms with Crippen LogP contribution in [-0.4, -0.2) is 59.7 Å². The number of hydrogen-bond acceptors (Lipinski definition) is 6. The standard InChI is InChI=1S/C29H34F3N5O3/c1-19-6-5-7-35(13-19)14-21-8-25(29(30,31)32)26-16-36(27(38)37(26)15-21)23-9-22(10-24(11-23)39-4)28(17-40-18-28)12-20(2)34-33-3/h8-11,15-16,19H,3,5-7,12-14,17-18H2,1-2,4H3/b34-20+/t19-/m0/s1. The number of nitrogens with zero attached hydrogens (tertiary/aromatic N) is 5. The molecular weight excluding hydrogens is 523 g/mol. The van der Waals surface area contributed by atoms with Crippen LogP contribution in [0.2, 0.25) is 0 Å². The van der Waals surface area contributed by atoms with Crippen LogP contribution in [0.3, 0.4) is 0 Å². The van der Waals surface area contributed by atoms with E-state index in [0.717, 1.165) is 41.6 Å². The van der Waals surface area contributed by atoms with Crippen LogP contribution in [0, 0.1) is 5.92 Å². The molecular formula is C29H34F3N5O3. The lowest BCUT2D eigenvalue weighted by Crippen LogP contribution is -2.48. The van der Waals surface area contributed by atoms with E-state index in [2.05, 4.69) is 28.7 Å². The van der Waals surface area contributed by atoms with Crippen LogP contribution in [0.25, 0.3) is 11.2 Å². The summed E-state index contributed by atoms with van der Waals surface area (Å²) in [4.78, 5) is 15.8. The topological polar surface area (TPSA) is 72.8 Å². The maximum Gasteiger partial charge on any atom is 0.418 e. The Hall–Kier alpha value is -3.44. The zero-order valence-electron chi connectivity index (χ0n) is 23.0. The molecule has 0 aliphatic carbocycles. The Balaban J connectivity index is 1.61. The largest absolute Gasteiger partial charge is 0.497 e. The summed E-state index contributed by atoms with van der Waals surface area (Å²) in [5.74, 6) is 0.964. The van der Waals surface area contributed by atoms with E-state index in [1.54, 1.807) is 6.07 Å². The predicted octanol–water partition coefficient (Wildman–Crippen LogP) is 5.08. The average Bonchev–Trinajstić information content (AvgIpc) is 3.21. The van der Waals surface area contributed by atoms with E-state index in [-0.39, 0.29) is 5.52 Å². The average molecular weight is 558 g/mol. The summed E-state index contributed by atoms with van der Waals surface area (Å²) in [6.45, 7) is 10.3. The van der Waals surface area contributed by atoms with Gasteiger partial charge in [-0.15, -0.1) is 0 Å². The van der Waals surface area contributed by atoms with Gasteiger partial charge in [-0.2, -0.15) is 23.4 Å². The number of aromatic nitrogens is 2. The number of benzene rings is 1. The van der Waals surface area contributed by atoms with Crippen LogP contribution in [0.15, 0.2) is 51.7 Å². The van der Waals surface area contributed by atoms with Crippen molar-refractivity contribution < 1.29 is 22.6 Å². The second-order valence-electron chi connectivity index (χ2n) is 11.1. The Morgan fingerprint density at radius 2 is 2.00 bits per heavy atom. The summed E-state index contributed by atoms with van der Waals surface area (Å²) in [7, 11) is 1.51. The molecule has 0 N–H and O–H groups in total. The molecule has 2 saturated heterocycles. The Kier molecular flexibility index (Phi) is 7.62. The number of piperidine rings is 1. The highest BCUT2D eigenvalue weighted by Crippen LogP contribution is 2.39. The van der Waals surface area contributed by atoms with Crippen molar-refractivity contribution in [2.24, 2.45) is 16.1 Å². The van der Waals surface area contributed by atoms with Gasteiger partial charge in [0.15, 0.2) is 0 Å². The molecule has 2 aliphatic rings. The molecule has 4 heterocycles. The van der Waals surface area contributed by atoms with E-state index in [1.807, 2.05) is 19.1 Å². The van der Waals surface area contributed by atoms with E-state index < -0.39 is 22.8 Å². The van der Waals surface area contributed by atoms with Crippen molar-refractivity contribution in [2.75, 3.05) is 33.4 Å². The highest BCUT2D eigenvalue weighted by Gasteiger charge is 2.42. The van der Waals surface area contributed by atoms with E-state index >= 15 is 0 Å². The molecule has 40 heavy (non-hydrogen) atoms. The highest BCUT2D eigenvalue weighted by molar-refractivity contribution is 5.83. The molecule has 214 valence electrons. The third-order valence-corrected chi connectivity index (χ3v) is 7.89. The van der Waals surface area contributed by atoms with Gasteiger partial charge >= 0.3 is 11.9 Å². The fraction of sp³-hybridized carbons (Fsp3) is 0.483. The van der Waals surface area contributed by atoms with Crippen molar-refractivity contribution in [3.05, 3.63) is 63.8 Å². The van der Waals surface area contributed by atoms with Gasteiger partial charge in [-0.1, -0.05) is 6.92 Å². The Morgan fingerprint density at radius 3 is 2.62 bits per heavy atom. The molecule has 0 bridgehead atoms. The van der Waals surface area contributed by atoms with E-state index in [4.69, 9.17) is 9.47 Å². The molecule has 2 aliphatic heterocycles. The van der Waals surface area contributed by atoms with Crippen LogP contribution >= 0.6 is 0 Å². The number of rotatable bonds is 8. The van der Waals surface area contributed by atoms with Crippen molar-refractivity contribution in [3.8, 4) is 11.4 Å². The zero-order valence-corrected chi connectivity index (χ0v) is 23.0. The highest BCUT2D eigenvalue weighted by atomic mass is 19.4. The number of hydrogen-bond donors (Lipinski definition) is 0. The van der Waals surface area contributed by atoms with Gasteiger partial charge < -0.3 is 9.47 Å². The van der Waals surface area contributed by atoms with Crippen molar-refractivity contribution in [2.45, 2.75) is 51.2 Å². The molecule has 2 fully saturated rings. The fourth-order valence-corrected chi connectivity index (χ4v) is 5.94. The number of imidazole rings is 1. The quantitative estimate of drug-likeness (QED) is 0.286. The van der Waals surface area contributed by atoms with Crippen molar-refractivity contribution >= 4 is 17.9 Å². The van der Waals surface area contributed by atoms with Gasteiger partial charge in [-0.05, 0) is 61.6 Å². The first-order valence-electron chi connectivity index (χ1n) is 13.4. The summed E-state index contributed by atoms with van der Waals surface area (Å²) >= 11 is 0. The maximum absolute atomic E-state index is 14.3. The smallest absolute Gasteiger partial charge is 0.418 e. The van der Waals surface area contributed by atoms with Gasteiger partial charge in [0.25, 0.3) is 0 Å². The molecule has 1 atom stereocenters. The molecule has 1 aromatic carbocycles. The number of likely N-dealkylation sites (tertiary alicyclic amines) is 1. The Morgan fingerprint density at radius 1 is 1.23 bits per heavy atom. The van der Waals surface area contributed by atoms with Crippen molar-refractivity contribution in [3.63, 3.8) is 0 Å². The summed E-state index contributed by atoms with van der Waals surface area (Å²) in [6.07, 6.45) is 0.826. The van der Waals surface area contributed by atoms with Crippen molar-refractivity contribution in [1.29, 1.82) is 0 Å². The second-order valence-corrected chi connectivity index (χ2v) is 11.1. The summed E-state index contributed by atoms with van der Waals surface area (Å²) in [5, 5.41) is 7.66. The molecule has 5 rings (SSSR count). The lowest BCUT2D eigenvalue weighted by molar-refractivity contribution is -0.136. The molecule has 11 heteroatoms. The minimum Gasteiger partial charge on any atom is -0.497 e. The molecule has 2 aromatic heterocycles. The van der Waals surface area contributed by atoms with Gasteiger partial charge in [-0.25, -0.2) is 4.79 Å². The molecule has 0 amide bonds. The Labute approximate surface area is 230 Å². The molecule has 0 saturated carbocycles. The van der Waals surface area contributed by atoms with Gasteiger partial charge in [0.05, 0.1) is 37.1 Å². The summed E-state index contributed by atoms with van der Waals surface area (Å²) in [6, 6.07) is 6.49. The second kappa shape index (κ2) is 10.9. The predicted molar refractivity (Wildman–Crippen MR) is 148 cm³/mol. The molecule has 8 nitrogen and oxygen atoms in total. The lowest BCUT2D eigenvalue weighted by Gasteiger charge is -2.42. The van der Waals surface area contributed by atoms with Crippen molar-refractivity contribution in [1.82, 2.24) is 13.9 Å². The maximum atomic E-state index is 14.3. The van der Waals surface area contributed by atoms with Crippen LogP contribution in [0.5, 0.6) is 5.75 Å². The van der Waals surface area contributed by atoms with E-state index in [9.17, 15) is 18.0 Å². The first-order chi connectivity index (χ1) is 19.0. The number of fused-ring (bicyclic) bond motifs is 1. The minimum absolute atomic E-state index is 0.195. The third kappa shape index (κ3) is 5.44. The Bertz CT molecular complexity index is 1500.